The first-order valence-corrected chi connectivity index (χ1v) is 6.06. The van der Waals surface area contributed by atoms with Crippen LogP contribution in [0.1, 0.15) is 12.5 Å². The van der Waals surface area contributed by atoms with E-state index >= 15 is 0 Å². The Morgan fingerprint density at radius 3 is 2.83 bits per heavy atom. The van der Waals surface area contributed by atoms with Crippen molar-refractivity contribution in [2.75, 3.05) is 12.4 Å². The smallest absolute Gasteiger partial charge is 0.122 e. The molecule has 1 N–H and O–H groups in total. The fraction of sp³-hybridized carbons (Fsp3) is 0.357. The van der Waals surface area contributed by atoms with Crippen LogP contribution in [0, 0.1) is 0 Å². The average molecular weight is 245 g/mol. The summed E-state index contributed by atoms with van der Waals surface area (Å²) in [5.74, 6) is 0.942. The molecular formula is C14H19N3O. The lowest BCUT2D eigenvalue weighted by Crippen LogP contribution is -2.18. The predicted molar refractivity (Wildman–Crippen MR) is 73.0 cm³/mol. The number of para-hydroxylation sites is 1. The van der Waals surface area contributed by atoms with Crippen molar-refractivity contribution in [1.82, 2.24) is 9.78 Å². The summed E-state index contributed by atoms with van der Waals surface area (Å²) >= 11 is 0. The first-order valence-electron chi connectivity index (χ1n) is 6.06. The van der Waals surface area contributed by atoms with Gasteiger partial charge < -0.3 is 10.1 Å². The topological polar surface area (TPSA) is 39.1 Å². The average Bonchev–Trinajstić information content (AvgIpc) is 2.75. The van der Waals surface area contributed by atoms with E-state index in [-0.39, 0.29) is 0 Å². The van der Waals surface area contributed by atoms with Gasteiger partial charge in [0.15, 0.2) is 0 Å². The highest BCUT2D eigenvalue weighted by Crippen LogP contribution is 2.20. The molecule has 4 nitrogen and oxygen atoms in total. The number of aromatic nitrogens is 2. The van der Waals surface area contributed by atoms with Crippen molar-refractivity contribution in [3.05, 3.63) is 42.2 Å². The molecule has 0 spiro atoms. The molecule has 18 heavy (non-hydrogen) atoms. The molecule has 0 saturated heterocycles. The van der Waals surface area contributed by atoms with Crippen LogP contribution in [0.4, 0.5) is 5.69 Å². The number of nitrogens with one attached hydrogen (secondary N) is 1. The SMILES string of the molecule is COc1ccccc1CC(C)Nc1cnn(C)c1. The van der Waals surface area contributed by atoms with Crippen molar-refractivity contribution >= 4 is 5.69 Å². The molecule has 0 bridgehead atoms. The lowest BCUT2D eigenvalue weighted by atomic mass is 10.1. The number of anilines is 1. The second-order valence-corrected chi connectivity index (χ2v) is 4.46. The second-order valence-electron chi connectivity index (χ2n) is 4.46. The van der Waals surface area contributed by atoms with Gasteiger partial charge in [0.1, 0.15) is 5.75 Å². The van der Waals surface area contributed by atoms with Crippen molar-refractivity contribution in [2.45, 2.75) is 19.4 Å². The van der Waals surface area contributed by atoms with Gasteiger partial charge >= 0.3 is 0 Å². The molecule has 0 aliphatic rings. The van der Waals surface area contributed by atoms with E-state index in [9.17, 15) is 0 Å². The van der Waals surface area contributed by atoms with Crippen molar-refractivity contribution in [2.24, 2.45) is 7.05 Å². The summed E-state index contributed by atoms with van der Waals surface area (Å²) in [7, 11) is 3.62. The number of hydrogen-bond acceptors (Lipinski definition) is 3. The van der Waals surface area contributed by atoms with Gasteiger partial charge in [0.25, 0.3) is 0 Å². The Bertz CT molecular complexity index is 507. The minimum Gasteiger partial charge on any atom is -0.496 e. The standard InChI is InChI=1S/C14H19N3O/c1-11(16-13-9-15-17(2)10-13)8-12-6-4-5-7-14(12)18-3/h4-7,9-11,16H,8H2,1-3H3. The van der Waals surface area contributed by atoms with Crippen molar-refractivity contribution in [3.8, 4) is 5.75 Å². The Kier molecular flexibility index (Phi) is 3.87. The van der Waals surface area contributed by atoms with E-state index in [4.69, 9.17) is 4.74 Å². The summed E-state index contributed by atoms with van der Waals surface area (Å²) in [6.45, 7) is 2.15. The molecule has 2 rings (SSSR count). The molecule has 1 aromatic carbocycles. The third-order valence-corrected chi connectivity index (χ3v) is 2.84. The number of aryl methyl sites for hydroxylation is 1. The molecular weight excluding hydrogens is 226 g/mol. The lowest BCUT2D eigenvalue weighted by Gasteiger charge is -2.15. The Hall–Kier alpha value is -1.97. The van der Waals surface area contributed by atoms with Crippen molar-refractivity contribution in [1.29, 1.82) is 0 Å². The zero-order chi connectivity index (χ0) is 13.0. The molecule has 1 aromatic heterocycles. The third-order valence-electron chi connectivity index (χ3n) is 2.84. The van der Waals surface area contributed by atoms with Crippen LogP contribution in [0.15, 0.2) is 36.7 Å². The van der Waals surface area contributed by atoms with Gasteiger partial charge in [-0.25, -0.2) is 0 Å². The predicted octanol–water partition coefficient (Wildman–Crippen LogP) is 2.47. The van der Waals surface area contributed by atoms with E-state index in [1.165, 1.54) is 5.56 Å². The fourth-order valence-corrected chi connectivity index (χ4v) is 2.03. The maximum atomic E-state index is 5.36. The zero-order valence-electron chi connectivity index (χ0n) is 11.1. The number of ether oxygens (including phenoxy) is 1. The van der Waals surface area contributed by atoms with E-state index in [0.717, 1.165) is 17.9 Å². The summed E-state index contributed by atoms with van der Waals surface area (Å²) in [4.78, 5) is 0. The Morgan fingerprint density at radius 1 is 1.39 bits per heavy atom. The maximum Gasteiger partial charge on any atom is 0.122 e. The molecule has 4 heteroatoms. The van der Waals surface area contributed by atoms with E-state index in [1.807, 2.05) is 37.6 Å². The maximum absolute atomic E-state index is 5.36. The van der Waals surface area contributed by atoms with Gasteiger partial charge in [0.05, 0.1) is 19.0 Å². The highest BCUT2D eigenvalue weighted by atomic mass is 16.5. The van der Waals surface area contributed by atoms with Crippen LogP contribution in [0.2, 0.25) is 0 Å². The fourth-order valence-electron chi connectivity index (χ4n) is 2.03. The van der Waals surface area contributed by atoms with Crippen LogP contribution in [0.5, 0.6) is 5.75 Å². The summed E-state index contributed by atoms with van der Waals surface area (Å²) < 4.78 is 7.15. The molecule has 0 aliphatic carbocycles. The monoisotopic (exact) mass is 245 g/mol. The molecule has 0 amide bonds. The molecule has 1 heterocycles. The van der Waals surface area contributed by atoms with E-state index in [1.54, 1.807) is 11.8 Å². The Morgan fingerprint density at radius 2 is 2.17 bits per heavy atom. The van der Waals surface area contributed by atoms with Gasteiger partial charge in [-0.1, -0.05) is 18.2 Å². The first kappa shape index (κ1) is 12.5. The lowest BCUT2D eigenvalue weighted by molar-refractivity contribution is 0.409. The first-order chi connectivity index (χ1) is 8.69. The van der Waals surface area contributed by atoms with Crippen molar-refractivity contribution in [3.63, 3.8) is 0 Å². The van der Waals surface area contributed by atoms with Gasteiger partial charge in [-0.05, 0) is 25.0 Å². The summed E-state index contributed by atoms with van der Waals surface area (Å²) in [6, 6.07) is 8.44. The molecule has 0 radical (unpaired) electrons. The molecule has 1 unspecified atom stereocenters. The summed E-state index contributed by atoms with van der Waals surface area (Å²) in [6.07, 6.45) is 4.72. The van der Waals surface area contributed by atoms with Gasteiger partial charge in [0, 0.05) is 19.3 Å². The summed E-state index contributed by atoms with van der Waals surface area (Å²) in [5.41, 5.74) is 2.25. The number of hydrogen-bond donors (Lipinski definition) is 1. The van der Waals surface area contributed by atoms with Gasteiger partial charge in [-0.15, -0.1) is 0 Å². The molecule has 0 saturated carbocycles. The van der Waals surface area contributed by atoms with E-state index < -0.39 is 0 Å². The molecule has 0 aliphatic heterocycles. The highest BCUT2D eigenvalue weighted by molar-refractivity contribution is 5.41. The van der Waals surface area contributed by atoms with Crippen LogP contribution in [-0.4, -0.2) is 22.9 Å². The third kappa shape index (κ3) is 3.03. The Balaban J connectivity index is 2.00. The largest absolute Gasteiger partial charge is 0.496 e. The van der Waals surface area contributed by atoms with Crippen molar-refractivity contribution < 1.29 is 4.74 Å². The Labute approximate surface area is 108 Å². The van der Waals surface area contributed by atoms with Crippen LogP contribution in [0.3, 0.4) is 0 Å². The minimum absolute atomic E-state index is 0.325. The highest BCUT2D eigenvalue weighted by Gasteiger charge is 2.08. The van der Waals surface area contributed by atoms with Crippen LogP contribution < -0.4 is 10.1 Å². The molecule has 2 aromatic rings. The van der Waals surface area contributed by atoms with Crippen LogP contribution in [0.25, 0.3) is 0 Å². The molecule has 0 fully saturated rings. The van der Waals surface area contributed by atoms with Gasteiger partial charge in [-0.2, -0.15) is 5.10 Å². The normalized spacial score (nSPS) is 12.2. The van der Waals surface area contributed by atoms with Crippen LogP contribution >= 0.6 is 0 Å². The quantitative estimate of drug-likeness (QED) is 0.879. The zero-order valence-corrected chi connectivity index (χ0v) is 11.1. The summed E-state index contributed by atoms with van der Waals surface area (Å²) in [5, 5.41) is 7.56. The molecule has 96 valence electrons. The van der Waals surface area contributed by atoms with E-state index in [2.05, 4.69) is 23.4 Å². The van der Waals surface area contributed by atoms with Crippen LogP contribution in [-0.2, 0) is 13.5 Å². The van der Waals surface area contributed by atoms with Gasteiger partial charge in [0.2, 0.25) is 0 Å². The number of rotatable bonds is 5. The minimum atomic E-state index is 0.325. The van der Waals surface area contributed by atoms with Gasteiger partial charge in [-0.3, -0.25) is 4.68 Å². The number of benzene rings is 1. The second kappa shape index (κ2) is 5.58. The number of nitrogens with zero attached hydrogens (tertiary/aromatic N) is 2. The molecule has 1 atom stereocenters. The number of methoxy groups -OCH3 is 1. The van der Waals surface area contributed by atoms with E-state index in [0.29, 0.717) is 6.04 Å².